The molecule has 0 aromatic carbocycles. The molecule has 0 radical (unpaired) electrons. The molecule has 0 saturated heterocycles. The number of rotatable bonds is 8. The van der Waals surface area contributed by atoms with E-state index in [4.69, 9.17) is 0 Å². The second kappa shape index (κ2) is 7.59. The highest BCUT2D eigenvalue weighted by molar-refractivity contribution is 5.79. The summed E-state index contributed by atoms with van der Waals surface area (Å²) in [5.74, 6) is 2.51. The minimum atomic E-state index is 0.0117. The summed E-state index contributed by atoms with van der Waals surface area (Å²) in [6, 6.07) is 0. The first-order chi connectivity index (χ1) is 9.32. The first kappa shape index (κ1) is 17.7. The van der Waals surface area contributed by atoms with Gasteiger partial charge >= 0.3 is 0 Å². The molecule has 1 N–H and O–H groups in total. The summed E-state index contributed by atoms with van der Waals surface area (Å²) in [7, 11) is 0. The third-order valence-corrected chi connectivity index (χ3v) is 5.68. The fraction of sp³-hybridized carbons (Fsp3) is 0.944. The van der Waals surface area contributed by atoms with Crippen LogP contribution in [-0.4, -0.2) is 17.5 Å². The van der Waals surface area contributed by atoms with Crippen molar-refractivity contribution in [2.45, 2.75) is 73.1 Å². The number of aliphatic hydroxyl groups excluding tert-OH is 1. The smallest absolute Gasteiger partial charge is 0.133 e. The van der Waals surface area contributed by atoms with Crippen LogP contribution in [0.5, 0.6) is 0 Å². The zero-order valence-electron chi connectivity index (χ0n) is 14.1. The highest BCUT2D eigenvalue weighted by Crippen LogP contribution is 2.54. The average Bonchev–Trinajstić information content (AvgIpc) is 2.66. The largest absolute Gasteiger partial charge is 0.396 e. The van der Waals surface area contributed by atoms with Gasteiger partial charge in [0.05, 0.1) is 0 Å². The lowest BCUT2D eigenvalue weighted by atomic mass is 9.66. The molecular weight excluding hydrogens is 249 g/mol. The molecule has 0 heterocycles. The summed E-state index contributed by atoms with van der Waals surface area (Å²) in [6.45, 7) is 11.1. The van der Waals surface area contributed by atoms with Crippen LogP contribution in [0.2, 0.25) is 0 Å². The van der Waals surface area contributed by atoms with E-state index in [-0.39, 0.29) is 17.9 Å². The molecule has 0 aromatic rings. The third kappa shape index (κ3) is 4.07. The van der Waals surface area contributed by atoms with E-state index >= 15 is 0 Å². The number of carbonyl (C=O) groups is 1. The molecule has 1 rings (SSSR count). The van der Waals surface area contributed by atoms with Crippen molar-refractivity contribution in [3.8, 4) is 0 Å². The summed E-state index contributed by atoms with van der Waals surface area (Å²) in [5, 5.41) is 9.43. The van der Waals surface area contributed by atoms with E-state index < -0.39 is 0 Å². The normalized spacial score (nSPS) is 31.8. The first-order valence-electron chi connectivity index (χ1n) is 8.44. The van der Waals surface area contributed by atoms with Crippen molar-refractivity contribution in [3.05, 3.63) is 0 Å². The van der Waals surface area contributed by atoms with Crippen molar-refractivity contribution in [3.63, 3.8) is 0 Å². The maximum Gasteiger partial charge on any atom is 0.133 e. The number of Topliss-reactive ketones (excluding diaryl/α,β-unsaturated/α-hetero) is 1. The standard InChI is InChI=1S/C18H34O2/c1-13(2)7-6-8-14(3)16-9-10-17(15(4)20)18(16,5)11-12-19/h13-14,16-17,19H,6-12H2,1-5H3/t14-,16-,17+,18-/m1/s1/i4+1. The molecule has 1 aliphatic rings. The predicted octanol–water partition coefficient (Wildman–Crippen LogP) is 4.45. The van der Waals surface area contributed by atoms with Gasteiger partial charge in [0.1, 0.15) is 5.78 Å². The van der Waals surface area contributed by atoms with Gasteiger partial charge in [0.15, 0.2) is 0 Å². The van der Waals surface area contributed by atoms with Crippen LogP contribution in [0.4, 0.5) is 0 Å². The van der Waals surface area contributed by atoms with Gasteiger partial charge in [-0.2, -0.15) is 0 Å². The molecular formula is C18H34O2. The van der Waals surface area contributed by atoms with Crippen molar-refractivity contribution in [1.82, 2.24) is 0 Å². The van der Waals surface area contributed by atoms with Crippen molar-refractivity contribution in [1.29, 1.82) is 0 Å². The Balaban J connectivity index is 2.69. The minimum Gasteiger partial charge on any atom is -0.396 e. The second-order valence-electron chi connectivity index (χ2n) is 7.63. The van der Waals surface area contributed by atoms with Crippen LogP contribution in [0.3, 0.4) is 0 Å². The molecule has 1 aliphatic carbocycles. The summed E-state index contributed by atoms with van der Waals surface area (Å²) < 4.78 is 0. The lowest BCUT2D eigenvalue weighted by Crippen LogP contribution is -2.36. The van der Waals surface area contributed by atoms with Crippen LogP contribution >= 0.6 is 0 Å². The van der Waals surface area contributed by atoms with Gasteiger partial charge in [-0.1, -0.05) is 47.0 Å². The maximum atomic E-state index is 11.9. The lowest BCUT2D eigenvalue weighted by Gasteiger charge is -2.39. The number of carbonyl (C=O) groups excluding carboxylic acids is 1. The monoisotopic (exact) mass is 283 g/mol. The zero-order chi connectivity index (χ0) is 15.3. The fourth-order valence-electron chi connectivity index (χ4n) is 4.52. The first-order valence-corrected chi connectivity index (χ1v) is 8.44. The van der Waals surface area contributed by atoms with Crippen LogP contribution in [0.15, 0.2) is 0 Å². The molecule has 0 amide bonds. The second-order valence-corrected chi connectivity index (χ2v) is 7.63. The number of hydrogen-bond donors (Lipinski definition) is 1. The Morgan fingerprint density at radius 3 is 2.40 bits per heavy atom. The Morgan fingerprint density at radius 1 is 1.25 bits per heavy atom. The van der Waals surface area contributed by atoms with E-state index in [0.29, 0.717) is 17.6 Å². The van der Waals surface area contributed by atoms with Gasteiger partial charge < -0.3 is 5.11 Å². The Morgan fingerprint density at radius 2 is 1.90 bits per heavy atom. The zero-order valence-corrected chi connectivity index (χ0v) is 14.1. The van der Waals surface area contributed by atoms with Crippen molar-refractivity contribution < 1.29 is 9.90 Å². The highest BCUT2D eigenvalue weighted by Gasteiger charge is 2.49. The summed E-state index contributed by atoms with van der Waals surface area (Å²) in [5.41, 5.74) is 0.0117. The molecule has 0 aliphatic heterocycles. The van der Waals surface area contributed by atoms with E-state index in [2.05, 4.69) is 27.7 Å². The van der Waals surface area contributed by atoms with E-state index in [9.17, 15) is 9.90 Å². The van der Waals surface area contributed by atoms with E-state index in [0.717, 1.165) is 25.2 Å². The Hall–Kier alpha value is -0.370. The Bertz CT molecular complexity index is 311. The maximum absolute atomic E-state index is 11.9. The number of aliphatic hydroxyl groups is 1. The lowest BCUT2D eigenvalue weighted by molar-refractivity contribution is -0.125. The van der Waals surface area contributed by atoms with E-state index in [1.807, 2.05) is 0 Å². The fourth-order valence-corrected chi connectivity index (χ4v) is 4.52. The number of ketones is 1. The van der Waals surface area contributed by atoms with Gasteiger partial charge in [-0.05, 0) is 49.4 Å². The Labute approximate surface area is 125 Å². The van der Waals surface area contributed by atoms with Crippen LogP contribution in [0, 0.1) is 29.1 Å². The molecule has 20 heavy (non-hydrogen) atoms. The molecule has 2 heteroatoms. The predicted molar refractivity (Wildman–Crippen MR) is 84.6 cm³/mol. The third-order valence-electron chi connectivity index (χ3n) is 5.68. The summed E-state index contributed by atoms with van der Waals surface area (Å²) in [4.78, 5) is 11.9. The molecule has 0 spiro atoms. The Kier molecular flexibility index (Phi) is 6.71. The van der Waals surface area contributed by atoms with E-state index in [1.54, 1.807) is 6.92 Å². The van der Waals surface area contributed by atoms with Gasteiger partial charge in [0, 0.05) is 12.5 Å². The van der Waals surface area contributed by atoms with Crippen LogP contribution in [-0.2, 0) is 4.79 Å². The van der Waals surface area contributed by atoms with Gasteiger partial charge in [0.2, 0.25) is 0 Å². The molecule has 0 aromatic heterocycles. The van der Waals surface area contributed by atoms with Gasteiger partial charge in [-0.15, -0.1) is 0 Å². The summed E-state index contributed by atoms with van der Waals surface area (Å²) >= 11 is 0. The van der Waals surface area contributed by atoms with Gasteiger partial charge in [-0.25, -0.2) is 0 Å². The molecule has 118 valence electrons. The van der Waals surface area contributed by atoms with E-state index in [1.165, 1.54) is 19.3 Å². The molecule has 1 fully saturated rings. The molecule has 4 atom stereocenters. The topological polar surface area (TPSA) is 37.3 Å². The van der Waals surface area contributed by atoms with Gasteiger partial charge in [-0.3, -0.25) is 4.79 Å². The quantitative estimate of drug-likeness (QED) is 0.668. The van der Waals surface area contributed by atoms with Crippen LogP contribution in [0.25, 0.3) is 0 Å². The SMILES string of the molecule is CC(C)CCC[C@@H](C)[C@H]1CC[C@@H](C([13CH3])=O)[C@]1(C)CCO. The van der Waals surface area contributed by atoms with Crippen molar-refractivity contribution >= 4 is 5.78 Å². The van der Waals surface area contributed by atoms with Gasteiger partial charge in [0.25, 0.3) is 0 Å². The van der Waals surface area contributed by atoms with Crippen LogP contribution in [0.1, 0.15) is 73.1 Å². The molecule has 0 unspecified atom stereocenters. The molecule has 0 bridgehead atoms. The molecule has 1 saturated carbocycles. The average molecular weight is 283 g/mol. The summed E-state index contributed by atoms with van der Waals surface area (Å²) in [6.07, 6.45) is 6.79. The number of hydrogen-bond acceptors (Lipinski definition) is 2. The van der Waals surface area contributed by atoms with Crippen molar-refractivity contribution in [2.75, 3.05) is 6.61 Å². The highest BCUT2D eigenvalue weighted by atomic mass is 16.3. The molecule has 2 nitrogen and oxygen atoms in total. The van der Waals surface area contributed by atoms with Crippen LogP contribution < -0.4 is 0 Å². The minimum absolute atomic E-state index is 0.0117. The van der Waals surface area contributed by atoms with Crippen molar-refractivity contribution in [2.24, 2.45) is 29.1 Å².